The SMILES string of the molecule is CC[C@H](C)[C@H](NC(=O)c1nc(NC2CCCCC2N=C(N)N)c2cc(C)ccc2n1)C(=O)OC. The molecule has 1 aliphatic carbocycles. The molecular formula is C24H35N7O3. The fourth-order valence-electron chi connectivity index (χ4n) is 4.26. The van der Waals surface area contributed by atoms with Gasteiger partial charge in [-0.3, -0.25) is 4.79 Å². The Labute approximate surface area is 199 Å². The van der Waals surface area contributed by atoms with E-state index in [0.717, 1.165) is 36.6 Å². The van der Waals surface area contributed by atoms with Gasteiger partial charge in [-0.15, -0.1) is 0 Å². The second kappa shape index (κ2) is 11.1. The van der Waals surface area contributed by atoms with Gasteiger partial charge in [-0.2, -0.15) is 0 Å². The van der Waals surface area contributed by atoms with Crippen molar-refractivity contribution in [2.24, 2.45) is 22.4 Å². The molecule has 2 unspecified atom stereocenters. The second-order valence-electron chi connectivity index (χ2n) is 8.93. The smallest absolute Gasteiger partial charge is 0.328 e. The number of anilines is 1. The van der Waals surface area contributed by atoms with Crippen LogP contribution in [0.1, 0.15) is 62.1 Å². The number of hydrogen-bond acceptors (Lipinski definition) is 7. The van der Waals surface area contributed by atoms with E-state index >= 15 is 0 Å². The molecule has 184 valence electrons. The van der Waals surface area contributed by atoms with E-state index in [1.165, 1.54) is 7.11 Å². The Hall–Kier alpha value is -3.43. The van der Waals surface area contributed by atoms with E-state index in [1.54, 1.807) is 0 Å². The number of esters is 1. The molecular weight excluding hydrogens is 434 g/mol. The summed E-state index contributed by atoms with van der Waals surface area (Å²) in [4.78, 5) is 38.8. The molecule has 0 bridgehead atoms. The number of aryl methyl sites for hydroxylation is 1. The third-order valence-electron chi connectivity index (χ3n) is 6.38. The van der Waals surface area contributed by atoms with Crippen LogP contribution in [-0.2, 0) is 9.53 Å². The zero-order chi connectivity index (χ0) is 24.8. The zero-order valence-corrected chi connectivity index (χ0v) is 20.3. The van der Waals surface area contributed by atoms with Crippen LogP contribution in [0.4, 0.5) is 5.82 Å². The van der Waals surface area contributed by atoms with Gasteiger partial charge in [0.05, 0.1) is 24.7 Å². The van der Waals surface area contributed by atoms with Crippen LogP contribution in [0, 0.1) is 12.8 Å². The molecule has 1 amide bonds. The number of ether oxygens (including phenoxy) is 1. The van der Waals surface area contributed by atoms with Crippen molar-refractivity contribution in [2.45, 2.75) is 71.0 Å². The van der Waals surface area contributed by atoms with Crippen molar-refractivity contribution >= 4 is 34.6 Å². The van der Waals surface area contributed by atoms with E-state index in [9.17, 15) is 9.59 Å². The van der Waals surface area contributed by atoms with E-state index in [0.29, 0.717) is 17.8 Å². The summed E-state index contributed by atoms with van der Waals surface area (Å²) >= 11 is 0. The van der Waals surface area contributed by atoms with Gasteiger partial charge in [0.15, 0.2) is 5.96 Å². The average molecular weight is 470 g/mol. The number of rotatable bonds is 8. The predicted octanol–water partition coefficient (Wildman–Crippen LogP) is 2.25. The second-order valence-corrected chi connectivity index (χ2v) is 8.93. The Morgan fingerprint density at radius 1 is 1.24 bits per heavy atom. The van der Waals surface area contributed by atoms with Crippen LogP contribution < -0.4 is 22.1 Å². The number of hydrogen-bond donors (Lipinski definition) is 4. The lowest BCUT2D eigenvalue weighted by molar-refractivity contribution is -0.144. The molecule has 1 heterocycles. The summed E-state index contributed by atoms with van der Waals surface area (Å²) in [6, 6.07) is 4.86. The number of fused-ring (bicyclic) bond motifs is 1. The molecule has 1 fully saturated rings. The number of aliphatic imine (C=N–C) groups is 1. The Morgan fingerprint density at radius 3 is 2.65 bits per heavy atom. The predicted molar refractivity (Wildman–Crippen MR) is 132 cm³/mol. The number of nitrogens with zero attached hydrogens (tertiary/aromatic N) is 3. The highest BCUT2D eigenvalue weighted by molar-refractivity contribution is 5.98. The molecule has 0 saturated heterocycles. The van der Waals surface area contributed by atoms with Crippen molar-refractivity contribution in [2.75, 3.05) is 12.4 Å². The minimum atomic E-state index is -0.791. The molecule has 0 radical (unpaired) electrons. The maximum absolute atomic E-state index is 13.1. The molecule has 1 aromatic heterocycles. The summed E-state index contributed by atoms with van der Waals surface area (Å²) in [5, 5.41) is 7.04. The molecule has 0 spiro atoms. The quantitative estimate of drug-likeness (QED) is 0.260. The van der Waals surface area contributed by atoms with E-state index in [1.807, 2.05) is 39.0 Å². The average Bonchev–Trinajstić information content (AvgIpc) is 2.82. The summed E-state index contributed by atoms with van der Waals surface area (Å²) < 4.78 is 4.88. The van der Waals surface area contributed by atoms with Gasteiger partial charge in [0, 0.05) is 5.39 Å². The molecule has 4 atom stereocenters. The molecule has 10 nitrogen and oxygen atoms in total. The third kappa shape index (κ3) is 5.92. The molecule has 1 saturated carbocycles. The fourth-order valence-corrected chi connectivity index (χ4v) is 4.26. The first-order chi connectivity index (χ1) is 16.2. The minimum Gasteiger partial charge on any atom is -0.467 e. The lowest BCUT2D eigenvalue weighted by atomic mass is 9.90. The van der Waals surface area contributed by atoms with Crippen molar-refractivity contribution in [1.29, 1.82) is 0 Å². The van der Waals surface area contributed by atoms with Crippen molar-refractivity contribution < 1.29 is 14.3 Å². The molecule has 0 aliphatic heterocycles. The van der Waals surface area contributed by atoms with Gasteiger partial charge in [-0.05, 0) is 37.8 Å². The van der Waals surface area contributed by atoms with Crippen LogP contribution in [0.3, 0.4) is 0 Å². The number of aromatic nitrogens is 2. The third-order valence-corrected chi connectivity index (χ3v) is 6.38. The summed E-state index contributed by atoms with van der Waals surface area (Å²) in [6.07, 6.45) is 4.51. The lowest BCUT2D eigenvalue weighted by Crippen LogP contribution is -2.46. The summed E-state index contributed by atoms with van der Waals surface area (Å²) in [5.41, 5.74) is 13.0. The van der Waals surface area contributed by atoms with E-state index in [4.69, 9.17) is 16.2 Å². The van der Waals surface area contributed by atoms with Crippen molar-refractivity contribution in [1.82, 2.24) is 15.3 Å². The zero-order valence-electron chi connectivity index (χ0n) is 20.3. The monoisotopic (exact) mass is 469 g/mol. The number of nitrogens with two attached hydrogens (primary N) is 2. The van der Waals surface area contributed by atoms with E-state index in [-0.39, 0.29) is 29.8 Å². The highest BCUT2D eigenvalue weighted by Gasteiger charge is 2.29. The Morgan fingerprint density at radius 2 is 1.97 bits per heavy atom. The number of carbonyl (C=O) groups is 2. The number of nitrogens with one attached hydrogen (secondary N) is 2. The first-order valence-corrected chi connectivity index (χ1v) is 11.8. The fraction of sp³-hybridized carbons (Fsp3) is 0.542. The van der Waals surface area contributed by atoms with E-state index < -0.39 is 17.9 Å². The summed E-state index contributed by atoms with van der Waals surface area (Å²) in [7, 11) is 1.30. The maximum atomic E-state index is 13.1. The van der Waals surface area contributed by atoms with Gasteiger partial charge in [-0.1, -0.05) is 44.7 Å². The van der Waals surface area contributed by atoms with Gasteiger partial charge >= 0.3 is 5.97 Å². The lowest BCUT2D eigenvalue weighted by Gasteiger charge is -2.30. The van der Waals surface area contributed by atoms with Crippen molar-refractivity contribution in [3.05, 3.63) is 29.6 Å². The molecule has 3 rings (SSSR count). The summed E-state index contributed by atoms with van der Waals surface area (Å²) in [6.45, 7) is 5.81. The normalized spacial score (nSPS) is 19.6. The van der Waals surface area contributed by atoms with Crippen LogP contribution in [-0.4, -0.2) is 53.0 Å². The first kappa shape index (κ1) is 25.2. The molecule has 1 aromatic carbocycles. The Kier molecular flexibility index (Phi) is 8.25. The van der Waals surface area contributed by atoms with Crippen molar-refractivity contribution in [3.8, 4) is 0 Å². The number of guanidine groups is 1. The highest BCUT2D eigenvalue weighted by Crippen LogP contribution is 2.28. The summed E-state index contributed by atoms with van der Waals surface area (Å²) in [5.74, 6) is -0.573. The van der Waals surface area contributed by atoms with Crippen LogP contribution in [0.25, 0.3) is 10.9 Å². The minimum absolute atomic E-state index is 0.0229. The van der Waals surface area contributed by atoms with E-state index in [2.05, 4.69) is 25.6 Å². The Bertz CT molecular complexity index is 1070. The van der Waals surface area contributed by atoms with Gasteiger partial charge < -0.3 is 26.8 Å². The van der Waals surface area contributed by atoms with Crippen LogP contribution in [0.15, 0.2) is 23.2 Å². The molecule has 6 N–H and O–H groups in total. The standard InChI is InChI=1S/C24H35N7O3/c1-5-14(3)19(23(33)34-4)30-22(32)21-27-16-11-10-13(2)12-15(16)20(31-21)28-17-8-6-7-9-18(17)29-24(25)26/h10-12,14,17-19H,5-9H2,1-4H3,(H,30,32)(H4,25,26,29)(H,27,28,31)/t14-,17?,18?,19-/m0/s1. The van der Waals surface area contributed by atoms with Crippen LogP contribution in [0.5, 0.6) is 0 Å². The molecule has 1 aliphatic rings. The Balaban J connectivity index is 1.98. The molecule has 2 aromatic rings. The maximum Gasteiger partial charge on any atom is 0.328 e. The number of methoxy groups -OCH3 is 1. The number of carbonyl (C=O) groups excluding carboxylic acids is 2. The van der Waals surface area contributed by atoms with Gasteiger partial charge in [0.1, 0.15) is 11.9 Å². The topological polar surface area (TPSA) is 158 Å². The van der Waals surface area contributed by atoms with Crippen molar-refractivity contribution in [3.63, 3.8) is 0 Å². The first-order valence-electron chi connectivity index (χ1n) is 11.8. The highest BCUT2D eigenvalue weighted by atomic mass is 16.5. The van der Waals surface area contributed by atoms with Gasteiger partial charge in [0.2, 0.25) is 5.82 Å². The van der Waals surface area contributed by atoms with Crippen LogP contribution >= 0.6 is 0 Å². The largest absolute Gasteiger partial charge is 0.467 e. The number of amides is 1. The van der Waals surface area contributed by atoms with Gasteiger partial charge in [0.25, 0.3) is 5.91 Å². The van der Waals surface area contributed by atoms with Crippen LogP contribution in [0.2, 0.25) is 0 Å². The van der Waals surface area contributed by atoms with Gasteiger partial charge in [-0.25, -0.2) is 19.8 Å². The number of benzene rings is 1. The molecule has 10 heteroatoms. The molecule has 34 heavy (non-hydrogen) atoms.